The van der Waals surface area contributed by atoms with Crippen LogP contribution >= 0.6 is 22.9 Å². The average molecular weight is 292 g/mol. The van der Waals surface area contributed by atoms with Crippen molar-refractivity contribution in [3.63, 3.8) is 0 Å². The van der Waals surface area contributed by atoms with E-state index >= 15 is 0 Å². The van der Waals surface area contributed by atoms with Gasteiger partial charge in [0.1, 0.15) is 0 Å². The molecule has 1 aromatic carbocycles. The summed E-state index contributed by atoms with van der Waals surface area (Å²) in [4.78, 5) is 5.69. The number of nitrogens with two attached hydrogens (primary N) is 1. The normalized spacial score (nSPS) is 11.4. The molecule has 5 heteroatoms. The fourth-order valence-electron chi connectivity index (χ4n) is 2.28. The quantitative estimate of drug-likeness (QED) is 0.780. The first kappa shape index (κ1) is 12.7. The van der Waals surface area contributed by atoms with Crippen LogP contribution in [-0.2, 0) is 6.54 Å². The van der Waals surface area contributed by atoms with Gasteiger partial charge in [-0.25, -0.2) is 4.98 Å². The number of nitrogens with zero attached hydrogens (tertiary/aromatic N) is 2. The fraction of sp³-hybridized carbons (Fsp3) is 0.214. The van der Waals surface area contributed by atoms with Crippen LogP contribution in [0.2, 0.25) is 5.02 Å². The summed E-state index contributed by atoms with van der Waals surface area (Å²) >= 11 is 7.71. The van der Waals surface area contributed by atoms with E-state index in [2.05, 4.69) is 22.8 Å². The number of fused-ring (bicyclic) bond motifs is 1. The van der Waals surface area contributed by atoms with Crippen molar-refractivity contribution in [1.82, 2.24) is 9.38 Å². The lowest BCUT2D eigenvalue weighted by molar-refractivity contribution is 0.946. The zero-order valence-electron chi connectivity index (χ0n) is 10.8. The van der Waals surface area contributed by atoms with Gasteiger partial charge in [0, 0.05) is 28.2 Å². The third-order valence-electron chi connectivity index (χ3n) is 3.25. The molecule has 3 rings (SSSR count). The molecular weight excluding hydrogens is 278 g/mol. The second-order valence-corrected chi connectivity index (χ2v) is 5.81. The van der Waals surface area contributed by atoms with Gasteiger partial charge in [0.2, 0.25) is 0 Å². The highest BCUT2D eigenvalue weighted by Crippen LogP contribution is 2.30. The number of rotatable bonds is 2. The number of imidazole rings is 1. The minimum absolute atomic E-state index is 0.468. The Labute approximate surface area is 120 Å². The third kappa shape index (κ3) is 1.96. The van der Waals surface area contributed by atoms with Crippen molar-refractivity contribution >= 4 is 27.9 Å². The summed E-state index contributed by atoms with van der Waals surface area (Å²) < 4.78 is 2.13. The summed E-state index contributed by atoms with van der Waals surface area (Å²) in [6, 6.07) is 5.96. The highest BCUT2D eigenvalue weighted by molar-refractivity contribution is 7.15. The number of aromatic nitrogens is 2. The number of benzene rings is 1. The fourth-order valence-corrected chi connectivity index (χ4v) is 3.28. The van der Waals surface area contributed by atoms with Crippen molar-refractivity contribution in [3.05, 3.63) is 45.6 Å². The van der Waals surface area contributed by atoms with Crippen LogP contribution in [0.4, 0.5) is 0 Å². The first-order valence-corrected chi connectivity index (χ1v) is 7.29. The van der Waals surface area contributed by atoms with Gasteiger partial charge in [-0.3, -0.25) is 4.40 Å². The van der Waals surface area contributed by atoms with Gasteiger partial charge in [-0.05, 0) is 31.5 Å². The van der Waals surface area contributed by atoms with Crippen LogP contribution in [0.25, 0.3) is 16.2 Å². The minimum Gasteiger partial charge on any atom is -0.325 e. The second kappa shape index (κ2) is 4.63. The molecule has 19 heavy (non-hydrogen) atoms. The molecule has 0 radical (unpaired) electrons. The first-order valence-electron chi connectivity index (χ1n) is 6.04. The smallest absolute Gasteiger partial charge is 0.194 e. The van der Waals surface area contributed by atoms with Gasteiger partial charge in [-0.2, -0.15) is 0 Å². The molecule has 0 aliphatic rings. The van der Waals surface area contributed by atoms with Crippen LogP contribution in [0.5, 0.6) is 0 Å². The molecule has 2 aromatic heterocycles. The van der Waals surface area contributed by atoms with E-state index in [4.69, 9.17) is 22.3 Å². The molecule has 3 aromatic rings. The molecule has 0 amide bonds. The summed E-state index contributed by atoms with van der Waals surface area (Å²) in [5.74, 6) is 0. The van der Waals surface area contributed by atoms with Gasteiger partial charge < -0.3 is 5.73 Å². The zero-order chi connectivity index (χ0) is 13.6. The molecule has 2 heterocycles. The van der Waals surface area contributed by atoms with E-state index in [1.807, 2.05) is 19.1 Å². The minimum atomic E-state index is 0.468. The molecular formula is C14H14ClN3S. The molecule has 3 nitrogen and oxygen atoms in total. The Morgan fingerprint density at radius 2 is 2.16 bits per heavy atom. The first-order chi connectivity index (χ1) is 9.11. The number of thiazole rings is 1. The predicted octanol–water partition coefficient (Wildman–Crippen LogP) is 3.79. The lowest BCUT2D eigenvalue weighted by Gasteiger charge is -2.05. The summed E-state index contributed by atoms with van der Waals surface area (Å²) in [7, 11) is 0. The maximum absolute atomic E-state index is 6.08. The van der Waals surface area contributed by atoms with Crippen LogP contribution in [0.1, 0.15) is 17.0 Å². The topological polar surface area (TPSA) is 43.3 Å². The maximum atomic E-state index is 6.08. The van der Waals surface area contributed by atoms with Crippen molar-refractivity contribution in [3.8, 4) is 11.3 Å². The SMILES string of the molecule is Cc1cc(-c2nc3scc(C)n3c2CN)ccc1Cl. The average Bonchev–Trinajstić information content (AvgIpc) is 2.93. The van der Waals surface area contributed by atoms with E-state index in [1.54, 1.807) is 11.3 Å². The number of aryl methyl sites for hydroxylation is 2. The standard InChI is InChI=1S/C14H14ClN3S/c1-8-5-10(3-4-11(8)15)13-12(6-16)18-9(2)7-19-14(18)17-13/h3-5,7H,6,16H2,1-2H3. The van der Waals surface area contributed by atoms with Crippen LogP contribution in [0.15, 0.2) is 23.6 Å². The van der Waals surface area contributed by atoms with Crippen molar-refractivity contribution in [2.45, 2.75) is 20.4 Å². The lowest BCUT2D eigenvalue weighted by Crippen LogP contribution is -2.03. The van der Waals surface area contributed by atoms with Gasteiger partial charge in [-0.1, -0.05) is 17.7 Å². The van der Waals surface area contributed by atoms with E-state index in [-0.39, 0.29) is 0 Å². The summed E-state index contributed by atoms with van der Waals surface area (Å²) in [6.07, 6.45) is 0. The molecule has 2 N–H and O–H groups in total. The highest BCUT2D eigenvalue weighted by Gasteiger charge is 2.15. The van der Waals surface area contributed by atoms with E-state index in [1.165, 1.54) is 5.69 Å². The van der Waals surface area contributed by atoms with Crippen LogP contribution < -0.4 is 5.73 Å². The van der Waals surface area contributed by atoms with Crippen molar-refractivity contribution in [2.24, 2.45) is 5.73 Å². The zero-order valence-corrected chi connectivity index (χ0v) is 12.3. The highest BCUT2D eigenvalue weighted by atomic mass is 35.5. The molecule has 0 aliphatic heterocycles. The number of hydrogen-bond acceptors (Lipinski definition) is 3. The van der Waals surface area contributed by atoms with Gasteiger partial charge in [0.15, 0.2) is 4.96 Å². The summed E-state index contributed by atoms with van der Waals surface area (Å²) in [6.45, 7) is 4.54. The maximum Gasteiger partial charge on any atom is 0.194 e. The van der Waals surface area contributed by atoms with Crippen molar-refractivity contribution in [1.29, 1.82) is 0 Å². The Bertz CT molecular complexity index is 757. The Hall–Kier alpha value is -1.36. The molecule has 0 saturated carbocycles. The third-order valence-corrected chi connectivity index (χ3v) is 4.62. The largest absolute Gasteiger partial charge is 0.325 e. The van der Waals surface area contributed by atoms with Crippen molar-refractivity contribution < 1.29 is 0 Å². The lowest BCUT2D eigenvalue weighted by atomic mass is 10.1. The Morgan fingerprint density at radius 1 is 1.37 bits per heavy atom. The molecule has 98 valence electrons. The van der Waals surface area contributed by atoms with Gasteiger partial charge in [0.05, 0.1) is 11.4 Å². The van der Waals surface area contributed by atoms with Crippen LogP contribution in [0, 0.1) is 13.8 Å². The number of hydrogen-bond donors (Lipinski definition) is 1. The summed E-state index contributed by atoms with van der Waals surface area (Å²) in [5.41, 5.74) is 11.2. The predicted molar refractivity (Wildman–Crippen MR) is 80.9 cm³/mol. The van der Waals surface area contributed by atoms with E-state index in [9.17, 15) is 0 Å². The van der Waals surface area contributed by atoms with Gasteiger partial charge >= 0.3 is 0 Å². The number of halogens is 1. The van der Waals surface area contributed by atoms with Gasteiger partial charge in [-0.15, -0.1) is 11.3 Å². The second-order valence-electron chi connectivity index (χ2n) is 4.57. The molecule has 0 saturated heterocycles. The summed E-state index contributed by atoms with van der Waals surface area (Å²) in [5, 5.41) is 2.87. The molecule has 0 spiro atoms. The molecule has 0 atom stereocenters. The van der Waals surface area contributed by atoms with E-state index < -0.39 is 0 Å². The van der Waals surface area contributed by atoms with Gasteiger partial charge in [0.25, 0.3) is 0 Å². The molecule has 0 unspecified atom stereocenters. The van der Waals surface area contributed by atoms with Crippen LogP contribution in [0.3, 0.4) is 0 Å². The molecule has 0 aliphatic carbocycles. The van der Waals surface area contributed by atoms with Crippen LogP contribution in [-0.4, -0.2) is 9.38 Å². The Balaban J connectivity index is 2.26. The van der Waals surface area contributed by atoms with E-state index in [0.29, 0.717) is 6.54 Å². The monoisotopic (exact) mass is 291 g/mol. The Morgan fingerprint density at radius 3 is 2.84 bits per heavy atom. The molecule has 0 fully saturated rings. The Kier molecular flexibility index (Phi) is 3.09. The molecule has 0 bridgehead atoms. The van der Waals surface area contributed by atoms with E-state index in [0.717, 1.165) is 32.5 Å². The van der Waals surface area contributed by atoms with Crippen molar-refractivity contribution in [2.75, 3.05) is 0 Å².